The van der Waals surface area contributed by atoms with E-state index in [4.69, 9.17) is 13.9 Å². The Morgan fingerprint density at radius 1 is 1.14 bits per heavy atom. The van der Waals surface area contributed by atoms with Crippen LogP contribution in [0.15, 0.2) is 57.7 Å². The Hall–Kier alpha value is -3.68. The molecule has 0 saturated carbocycles. The Kier molecular flexibility index (Phi) is 5.92. The minimum atomic E-state index is -1.11. The molecule has 1 N–H and O–H groups in total. The Balaban J connectivity index is 1.53. The molecule has 1 heterocycles. The zero-order chi connectivity index (χ0) is 21.0. The van der Waals surface area contributed by atoms with Crippen LogP contribution >= 0.6 is 0 Å². The summed E-state index contributed by atoms with van der Waals surface area (Å²) in [5.41, 5.74) is 0.534. The van der Waals surface area contributed by atoms with E-state index in [1.165, 1.54) is 31.2 Å². The molecule has 0 radical (unpaired) electrons. The highest BCUT2D eigenvalue weighted by Gasteiger charge is 2.18. The largest absolute Gasteiger partial charge is 0.482 e. The van der Waals surface area contributed by atoms with E-state index < -0.39 is 36.0 Å². The van der Waals surface area contributed by atoms with Crippen LogP contribution < -0.4 is 15.7 Å². The van der Waals surface area contributed by atoms with E-state index in [1.807, 2.05) is 0 Å². The van der Waals surface area contributed by atoms with E-state index in [-0.39, 0.29) is 5.69 Å². The first kappa shape index (κ1) is 20.1. The highest BCUT2D eigenvalue weighted by atomic mass is 19.1. The molecule has 1 atom stereocenters. The maximum absolute atomic E-state index is 13.5. The number of carbonyl (C=O) groups excluding carboxylic acids is 2. The standard InChI is InChI=1S/C21H18FNO6/c1-12-3-6-15(9-17(12)22)23-21(26)13(2)28-20(25)11-27-16-7-4-14-5-8-19(24)29-18(14)10-16/h3-10,13H,11H2,1-2H3,(H,23,26). The highest BCUT2D eigenvalue weighted by Crippen LogP contribution is 2.19. The summed E-state index contributed by atoms with van der Waals surface area (Å²) in [5, 5.41) is 3.18. The summed E-state index contributed by atoms with van der Waals surface area (Å²) in [5.74, 6) is -1.52. The number of nitrogens with one attached hydrogen (secondary N) is 1. The summed E-state index contributed by atoms with van der Waals surface area (Å²) in [4.78, 5) is 35.3. The number of ether oxygens (including phenoxy) is 2. The third-order valence-corrected chi connectivity index (χ3v) is 4.07. The van der Waals surface area contributed by atoms with Crippen molar-refractivity contribution in [2.45, 2.75) is 20.0 Å². The minimum Gasteiger partial charge on any atom is -0.482 e. The summed E-state index contributed by atoms with van der Waals surface area (Å²) >= 11 is 0. The van der Waals surface area contributed by atoms with Gasteiger partial charge in [0, 0.05) is 23.2 Å². The van der Waals surface area contributed by atoms with Gasteiger partial charge in [-0.25, -0.2) is 14.0 Å². The van der Waals surface area contributed by atoms with Gasteiger partial charge in [0.05, 0.1) is 0 Å². The predicted molar refractivity (Wildman–Crippen MR) is 103 cm³/mol. The molecule has 0 spiro atoms. The number of esters is 1. The quantitative estimate of drug-likeness (QED) is 0.505. The lowest BCUT2D eigenvalue weighted by atomic mass is 10.2. The molecule has 0 bridgehead atoms. The van der Waals surface area contributed by atoms with E-state index in [2.05, 4.69) is 5.32 Å². The van der Waals surface area contributed by atoms with Gasteiger partial charge in [-0.05, 0) is 49.7 Å². The van der Waals surface area contributed by atoms with Crippen molar-refractivity contribution in [1.29, 1.82) is 0 Å². The molecule has 1 amide bonds. The first-order valence-electron chi connectivity index (χ1n) is 8.75. The zero-order valence-corrected chi connectivity index (χ0v) is 15.7. The zero-order valence-electron chi connectivity index (χ0n) is 15.7. The number of anilines is 1. The van der Waals surface area contributed by atoms with Crippen molar-refractivity contribution in [2.75, 3.05) is 11.9 Å². The van der Waals surface area contributed by atoms with Gasteiger partial charge in [-0.15, -0.1) is 0 Å². The van der Waals surface area contributed by atoms with Crippen LogP contribution in [0.4, 0.5) is 10.1 Å². The first-order valence-corrected chi connectivity index (χ1v) is 8.75. The van der Waals surface area contributed by atoms with Crippen LogP contribution in [0.5, 0.6) is 5.75 Å². The van der Waals surface area contributed by atoms with Crippen LogP contribution in [0.1, 0.15) is 12.5 Å². The van der Waals surface area contributed by atoms with Crippen molar-refractivity contribution >= 4 is 28.5 Å². The number of fused-ring (bicyclic) bond motifs is 1. The Morgan fingerprint density at radius 2 is 1.90 bits per heavy atom. The smallest absolute Gasteiger partial charge is 0.344 e. The molecule has 0 aliphatic heterocycles. The van der Waals surface area contributed by atoms with Gasteiger partial charge in [0.15, 0.2) is 12.7 Å². The van der Waals surface area contributed by atoms with E-state index in [0.717, 1.165) is 0 Å². The second-order valence-corrected chi connectivity index (χ2v) is 6.33. The summed E-state index contributed by atoms with van der Waals surface area (Å²) in [6, 6.07) is 11.9. The average Bonchev–Trinajstić information content (AvgIpc) is 2.68. The van der Waals surface area contributed by atoms with Crippen LogP contribution in [0.25, 0.3) is 11.0 Å². The highest BCUT2D eigenvalue weighted by molar-refractivity contribution is 5.95. The number of benzene rings is 2. The molecule has 3 rings (SSSR count). The average molecular weight is 399 g/mol. The van der Waals surface area contributed by atoms with Gasteiger partial charge in [-0.1, -0.05) is 6.07 Å². The van der Waals surface area contributed by atoms with Gasteiger partial charge in [0.2, 0.25) is 0 Å². The lowest BCUT2D eigenvalue weighted by Crippen LogP contribution is -2.31. The number of hydrogen-bond donors (Lipinski definition) is 1. The summed E-state index contributed by atoms with van der Waals surface area (Å²) in [6.07, 6.45) is -1.11. The first-order chi connectivity index (χ1) is 13.8. The van der Waals surface area contributed by atoms with Crippen molar-refractivity contribution in [2.24, 2.45) is 0 Å². The minimum absolute atomic E-state index is 0.259. The van der Waals surface area contributed by atoms with E-state index >= 15 is 0 Å². The number of carbonyl (C=O) groups is 2. The van der Waals surface area contributed by atoms with Gasteiger partial charge in [0.1, 0.15) is 17.1 Å². The molecule has 2 aromatic carbocycles. The van der Waals surface area contributed by atoms with Crippen molar-refractivity contribution in [3.05, 3.63) is 70.3 Å². The molecule has 0 aliphatic carbocycles. The van der Waals surface area contributed by atoms with Crippen molar-refractivity contribution in [1.82, 2.24) is 0 Å². The second-order valence-electron chi connectivity index (χ2n) is 6.33. The monoisotopic (exact) mass is 399 g/mol. The van der Waals surface area contributed by atoms with Crippen LogP contribution in [-0.2, 0) is 14.3 Å². The van der Waals surface area contributed by atoms with Crippen LogP contribution in [-0.4, -0.2) is 24.6 Å². The van der Waals surface area contributed by atoms with Crippen molar-refractivity contribution in [3.8, 4) is 5.75 Å². The topological polar surface area (TPSA) is 94.8 Å². The summed E-state index contributed by atoms with van der Waals surface area (Å²) < 4.78 is 28.9. The van der Waals surface area contributed by atoms with Crippen LogP contribution in [0.2, 0.25) is 0 Å². The molecule has 0 aliphatic rings. The number of hydrogen-bond acceptors (Lipinski definition) is 6. The third kappa shape index (κ3) is 5.19. The van der Waals surface area contributed by atoms with Crippen molar-refractivity contribution in [3.63, 3.8) is 0 Å². The molecule has 1 unspecified atom stereocenters. The fourth-order valence-electron chi connectivity index (χ4n) is 2.47. The molecule has 7 nitrogen and oxygen atoms in total. The van der Waals surface area contributed by atoms with E-state index in [0.29, 0.717) is 22.3 Å². The lowest BCUT2D eigenvalue weighted by Gasteiger charge is -2.14. The molecular weight excluding hydrogens is 381 g/mol. The molecule has 150 valence electrons. The third-order valence-electron chi connectivity index (χ3n) is 4.07. The molecule has 29 heavy (non-hydrogen) atoms. The fourth-order valence-corrected chi connectivity index (χ4v) is 2.47. The normalized spacial score (nSPS) is 11.7. The maximum Gasteiger partial charge on any atom is 0.344 e. The molecule has 3 aromatic rings. The number of aryl methyl sites for hydroxylation is 1. The molecular formula is C21H18FNO6. The predicted octanol–water partition coefficient (Wildman–Crippen LogP) is 3.19. The maximum atomic E-state index is 13.5. The lowest BCUT2D eigenvalue weighted by molar-refractivity contribution is -0.155. The summed E-state index contributed by atoms with van der Waals surface area (Å²) in [7, 11) is 0. The van der Waals surface area contributed by atoms with Gasteiger partial charge in [0.25, 0.3) is 5.91 Å². The Morgan fingerprint density at radius 3 is 2.66 bits per heavy atom. The number of rotatable bonds is 6. The summed E-state index contributed by atoms with van der Waals surface area (Å²) in [6.45, 7) is 2.55. The van der Waals surface area contributed by atoms with E-state index in [9.17, 15) is 18.8 Å². The Bertz CT molecular complexity index is 1120. The van der Waals surface area contributed by atoms with Gasteiger partial charge >= 0.3 is 11.6 Å². The molecule has 0 fully saturated rings. The Labute approximate surface area is 165 Å². The van der Waals surface area contributed by atoms with E-state index in [1.54, 1.807) is 31.2 Å². The van der Waals surface area contributed by atoms with Crippen LogP contribution in [0.3, 0.4) is 0 Å². The number of halogens is 1. The molecule has 1 aromatic heterocycles. The number of amides is 1. The molecule has 8 heteroatoms. The van der Waals surface area contributed by atoms with Gasteiger partial charge < -0.3 is 19.2 Å². The van der Waals surface area contributed by atoms with Gasteiger partial charge in [-0.2, -0.15) is 0 Å². The SMILES string of the molecule is Cc1ccc(NC(=O)C(C)OC(=O)COc2ccc3ccc(=O)oc3c2)cc1F. The van der Waals surface area contributed by atoms with Gasteiger partial charge in [-0.3, -0.25) is 4.79 Å². The second kappa shape index (κ2) is 8.55. The van der Waals surface area contributed by atoms with Crippen LogP contribution in [0, 0.1) is 12.7 Å². The van der Waals surface area contributed by atoms with Crippen molar-refractivity contribution < 1.29 is 27.9 Å². The fraction of sp³-hybridized carbons (Fsp3) is 0.190. The molecule has 0 saturated heterocycles.